The normalized spacial score (nSPS) is 25.7. The average molecular weight is 544 g/mol. The van der Waals surface area contributed by atoms with Crippen LogP contribution in [0.25, 0.3) is 0 Å². The van der Waals surface area contributed by atoms with Crippen molar-refractivity contribution in [2.75, 3.05) is 20.2 Å². The summed E-state index contributed by atoms with van der Waals surface area (Å²) in [7, 11) is 1.64. The lowest BCUT2D eigenvalue weighted by atomic mass is 9.95. The molecule has 1 spiro atoms. The third kappa shape index (κ3) is 3.54. The molecule has 2 saturated carbocycles. The third-order valence-electron chi connectivity index (χ3n) is 9.14. The van der Waals surface area contributed by atoms with Gasteiger partial charge in [0.2, 0.25) is 0 Å². The number of amides is 2. The third-order valence-corrected chi connectivity index (χ3v) is 9.43. The summed E-state index contributed by atoms with van der Waals surface area (Å²) in [5, 5.41) is 11.1. The molecule has 1 aromatic heterocycles. The van der Waals surface area contributed by atoms with Crippen LogP contribution in [0.2, 0.25) is 5.02 Å². The summed E-state index contributed by atoms with van der Waals surface area (Å²) >= 11 is 5.91. The molecule has 1 aromatic carbocycles. The molecule has 3 unspecified atom stereocenters. The molecule has 2 aliphatic carbocycles. The Bertz CT molecular complexity index is 1440. The molecule has 2 aliphatic heterocycles. The molecule has 4 aliphatic rings. The molecule has 0 radical (unpaired) electrons. The number of nitrogens with zero attached hydrogens (tertiary/aromatic N) is 3. The number of carbonyl (C=O) groups is 2. The van der Waals surface area contributed by atoms with E-state index in [4.69, 9.17) is 16.3 Å². The maximum Gasteiger partial charge on any atom is 0.296 e. The van der Waals surface area contributed by atoms with E-state index in [0.29, 0.717) is 42.9 Å². The van der Waals surface area contributed by atoms with Crippen molar-refractivity contribution in [2.45, 2.75) is 63.8 Å². The maximum atomic E-state index is 14.1. The molecule has 2 aromatic rings. The van der Waals surface area contributed by atoms with Gasteiger partial charge in [0.25, 0.3) is 17.4 Å². The molecule has 38 heavy (non-hydrogen) atoms. The fourth-order valence-corrected chi connectivity index (χ4v) is 7.03. The Kier molecular flexibility index (Phi) is 5.71. The van der Waals surface area contributed by atoms with Crippen LogP contribution >= 0.6 is 11.6 Å². The SMILES string of the molecule is COC(C)(C)CCN1C(=O)c2c3c(c(O)c(=O)n2C12CCC1CC12)C(=O)N(Cc1ccc(F)c(Cl)c1)CC3. The number of methoxy groups -OCH3 is 1. The lowest BCUT2D eigenvalue weighted by molar-refractivity contribution is -0.0152. The van der Waals surface area contributed by atoms with Crippen LogP contribution in [0.5, 0.6) is 5.75 Å². The number of hydrogen-bond donors (Lipinski definition) is 1. The zero-order valence-electron chi connectivity index (χ0n) is 21.7. The summed E-state index contributed by atoms with van der Waals surface area (Å²) in [4.78, 5) is 44.8. The largest absolute Gasteiger partial charge is 0.502 e. The van der Waals surface area contributed by atoms with Crippen molar-refractivity contribution in [3.8, 4) is 5.75 Å². The Morgan fingerprint density at radius 1 is 1.24 bits per heavy atom. The summed E-state index contributed by atoms with van der Waals surface area (Å²) in [6, 6.07) is 4.23. The highest BCUT2D eigenvalue weighted by Gasteiger charge is 2.67. The predicted molar refractivity (Wildman–Crippen MR) is 138 cm³/mol. The number of fused-ring (bicyclic) bond motifs is 6. The second kappa shape index (κ2) is 8.55. The van der Waals surface area contributed by atoms with Crippen LogP contribution in [0.15, 0.2) is 23.0 Å². The first-order valence-corrected chi connectivity index (χ1v) is 13.5. The topological polar surface area (TPSA) is 92.1 Å². The van der Waals surface area contributed by atoms with E-state index in [-0.39, 0.29) is 41.2 Å². The van der Waals surface area contributed by atoms with Gasteiger partial charge in [-0.3, -0.25) is 19.0 Å². The highest BCUT2D eigenvalue weighted by molar-refractivity contribution is 6.30. The van der Waals surface area contributed by atoms with E-state index in [0.717, 1.165) is 12.8 Å². The molecule has 202 valence electrons. The van der Waals surface area contributed by atoms with Gasteiger partial charge >= 0.3 is 0 Å². The number of hydrogen-bond acceptors (Lipinski definition) is 5. The van der Waals surface area contributed by atoms with Gasteiger partial charge in [-0.2, -0.15) is 0 Å². The summed E-state index contributed by atoms with van der Waals surface area (Å²) in [5.74, 6) is -1.33. The minimum Gasteiger partial charge on any atom is -0.502 e. The van der Waals surface area contributed by atoms with Gasteiger partial charge in [-0.15, -0.1) is 0 Å². The predicted octanol–water partition coefficient (Wildman–Crippen LogP) is 3.90. The number of ether oxygens (including phenoxy) is 1. The smallest absolute Gasteiger partial charge is 0.296 e. The Balaban J connectivity index is 1.42. The molecule has 3 atom stereocenters. The molecule has 0 bridgehead atoms. The quantitative estimate of drug-likeness (QED) is 0.596. The van der Waals surface area contributed by atoms with Crippen molar-refractivity contribution >= 4 is 23.4 Å². The average Bonchev–Trinajstić information content (AvgIpc) is 3.52. The molecule has 10 heteroatoms. The van der Waals surface area contributed by atoms with Gasteiger partial charge < -0.3 is 19.6 Å². The van der Waals surface area contributed by atoms with Crippen LogP contribution < -0.4 is 5.56 Å². The van der Waals surface area contributed by atoms with Gasteiger partial charge in [-0.25, -0.2) is 4.39 Å². The van der Waals surface area contributed by atoms with Crippen molar-refractivity contribution < 1.29 is 23.8 Å². The van der Waals surface area contributed by atoms with Crippen molar-refractivity contribution in [1.29, 1.82) is 0 Å². The van der Waals surface area contributed by atoms with Crippen molar-refractivity contribution in [1.82, 2.24) is 14.4 Å². The second-order valence-electron chi connectivity index (χ2n) is 11.6. The fourth-order valence-electron chi connectivity index (χ4n) is 6.83. The summed E-state index contributed by atoms with van der Waals surface area (Å²) in [6.07, 6.45) is 3.40. The zero-order chi connectivity index (χ0) is 27.1. The minimum absolute atomic E-state index is 0.0474. The van der Waals surface area contributed by atoms with Gasteiger partial charge in [0.1, 0.15) is 17.2 Å². The minimum atomic E-state index is -0.810. The molecule has 2 fully saturated rings. The molecule has 0 saturated heterocycles. The van der Waals surface area contributed by atoms with E-state index in [1.165, 1.54) is 21.6 Å². The number of rotatable bonds is 6. The molecule has 8 nitrogen and oxygen atoms in total. The van der Waals surface area contributed by atoms with Gasteiger partial charge in [0, 0.05) is 38.2 Å². The lowest BCUT2D eigenvalue weighted by Crippen LogP contribution is -2.52. The van der Waals surface area contributed by atoms with Crippen molar-refractivity contribution in [3.63, 3.8) is 0 Å². The molecule has 2 amide bonds. The van der Waals surface area contributed by atoms with E-state index in [1.54, 1.807) is 13.2 Å². The molecule has 1 N–H and O–H groups in total. The van der Waals surface area contributed by atoms with Crippen molar-refractivity contribution in [3.05, 3.63) is 61.8 Å². The molecule has 6 rings (SSSR count). The maximum absolute atomic E-state index is 14.1. The van der Waals surface area contributed by atoms with Crippen LogP contribution in [0.1, 0.15) is 71.5 Å². The molecule has 3 heterocycles. The van der Waals surface area contributed by atoms with Gasteiger partial charge in [0.15, 0.2) is 5.75 Å². The molecular formula is C28H31ClFN3O5. The van der Waals surface area contributed by atoms with Gasteiger partial charge in [-0.05, 0) is 69.6 Å². The van der Waals surface area contributed by atoms with E-state index in [2.05, 4.69) is 0 Å². The van der Waals surface area contributed by atoms with E-state index >= 15 is 0 Å². The number of aromatic hydroxyl groups is 1. The van der Waals surface area contributed by atoms with E-state index < -0.39 is 34.3 Å². The van der Waals surface area contributed by atoms with Crippen LogP contribution in [-0.4, -0.2) is 57.1 Å². The number of aromatic nitrogens is 1. The van der Waals surface area contributed by atoms with Crippen molar-refractivity contribution in [2.24, 2.45) is 11.8 Å². The summed E-state index contributed by atoms with van der Waals surface area (Å²) in [5.41, 5.74) is -0.759. The van der Waals surface area contributed by atoms with Crippen LogP contribution in [0, 0.1) is 17.7 Å². The summed E-state index contributed by atoms with van der Waals surface area (Å²) in [6.45, 7) is 4.75. The van der Waals surface area contributed by atoms with Crippen LogP contribution in [0.4, 0.5) is 4.39 Å². The Morgan fingerprint density at radius 2 is 2.00 bits per heavy atom. The Labute approximate surface area is 224 Å². The molecular weight excluding hydrogens is 513 g/mol. The first-order chi connectivity index (χ1) is 18.0. The zero-order valence-corrected chi connectivity index (χ0v) is 22.5. The Hall–Kier alpha value is -2.91. The summed E-state index contributed by atoms with van der Waals surface area (Å²) < 4.78 is 20.7. The monoisotopic (exact) mass is 543 g/mol. The van der Waals surface area contributed by atoms with Gasteiger partial charge in [0.05, 0.1) is 16.2 Å². The van der Waals surface area contributed by atoms with E-state index in [9.17, 15) is 23.9 Å². The fraction of sp³-hybridized carbons (Fsp3) is 0.536. The first-order valence-electron chi connectivity index (χ1n) is 13.1. The second-order valence-corrected chi connectivity index (χ2v) is 12.0. The number of carbonyl (C=O) groups excluding carboxylic acids is 2. The van der Waals surface area contributed by atoms with Gasteiger partial charge in [-0.1, -0.05) is 17.7 Å². The standard InChI is InChI=1S/C28H31ClFN3O5/c1-27(2,38-3)9-11-32-25(36)22-17-7-10-31(14-15-4-5-20(30)19(29)12-15)24(35)21(17)23(34)26(37)33(22)28(32)8-6-16-13-18(16)28/h4-5,12,16,18,34H,6-11,13-14H2,1-3H3. The highest BCUT2D eigenvalue weighted by atomic mass is 35.5. The highest BCUT2D eigenvalue weighted by Crippen LogP contribution is 2.64. The van der Waals surface area contributed by atoms with E-state index in [1.807, 2.05) is 18.7 Å². The van der Waals surface area contributed by atoms with Crippen LogP contribution in [-0.2, 0) is 23.4 Å². The first kappa shape index (κ1) is 25.4. The number of benzene rings is 1. The number of halogens is 2. The Morgan fingerprint density at radius 3 is 2.63 bits per heavy atom. The lowest BCUT2D eigenvalue weighted by Gasteiger charge is -2.39. The van der Waals surface area contributed by atoms with Crippen LogP contribution in [0.3, 0.4) is 0 Å². The number of pyridine rings is 1.